The van der Waals surface area contributed by atoms with E-state index in [1.807, 2.05) is 24.3 Å². The summed E-state index contributed by atoms with van der Waals surface area (Å²) in [6, 6.07) is 7.94. The molecule has 2 aromatic heterocycles. The van der Waals surface area contributed by atoms with Crippen LogP contribution in [-0.4, -0.2) is 15.2 Å². The zero-order valence-corrected chi connectivity index (χ0v) is 10.7. The van der Waals surface area contributed by atoms with E-state index in [9.17, 15) is 0 Å². The van der Waals surface area contributed by atoms with Crippen LogP contribution in [0.2, 0.25) is 0 Å². The first kappa shape index (κ1) is 10.6. The van der Waals surface area contributed by atoms with Crippen molar-refractivity contribution in [1.29, 1.82) is 0 Å². The van der Waals surface area contributed by atoms with E-state index in [0.717, 1.165) is 32.5 Å². The van der Waals surface area contributed by atoms with Crippen LogP contribution in [0.4, 0.5) is 5.82 Å². The molecule has 0 bridgehead atoms. The number of nitrogens with two attached hydrogens (primary N) is 1. The maximum atomic E-state index is 5.84. The molecular weight excluding hydrogens is 260 g/mol. The van der Waals surface area contributed by atoms with Crippen molar-refractivity contribution < 1.29 is 4.74 Å². The van der Waals surface area contributed by atoms with Crippen molar-refractivity contribution in [2.75, 3.05) is 5.73 Å². The number of nitrogens with one attached hydrogen (secondary N) is 1. The van der Waals surface area contributed by atoms with Crippen LogP contribution >= 0.6 is 11.3 Å². The van der Waals surface area contributed by atoms with Crippen molar-refractivity contribution in [3.05, 3.63) is 35.3 Å². The molecule has 0 saturated carbocycles. The molecular formula is C13H10N4OS. The second-order valence-corrected chi connectivity index (χ2v) is 5.36. The van der Waals surface area contributed by atoms with Crippen LogP contribution in [0.1, 0.15) is 4.88 Å². The maximum absolute atomic E-state index is 5.84. The number of hydrogen-bond donors (Lipinski definition) is 2. The zero-order valence-electron chi connectivity index (χ0n) is 9.88. The Labute approximate surface area is 113 Å². The first-order valence-electron chi connectivity index (χ1n) is 5.84. The normalized spacial score (nSPS) is 12.6. The van der Waals surface area contributed by atoms with E-state index in [1.165, 1.54) is 0 Å². The van der Waals surface area contributed by atoms with Crippen LogP contribution in [0.25, 0.3) is 21.8 Å². The van der Waals surface area contributed by atoms with Crippen LogP contribution < -0.4 is 10.5 Å². The lowest BCUT2D eigenvalue weighted by Crippen LogP contribution is -2.02. The predicted octanol–water partition coefficient (Wildman–Crippen LogP) is 2.67. The SMILES string of the molecule is Nc1[nH]ncc1-c1nc2c(s1)COc1ccccc1-2. The Kier molecular flexibility index (Phi) is 2.13. The summed E-state index contributed by atoms with van der Waals surface area (Å²) in [5, 5.41) is 7.54. The fourth-order valence-corrected chi connectivity index (χ4v) is 3.19. The van der Waals surface area contributed by atoms with E-state index in [-0.39, 0.29) is 0 Å². The molecule has 6 heteroatoms. The van der Waals surface area contributed by atoms with Gasteiger partial charge in [-0.3, -0.25) is 5.10 Å². The molecule has 19 heavy (non-hydrogen) atoms. The quantitative estimate of drug-likeness (QED) is 0.712. The molecule has 4 rings (SSSR count). The molecule has 0 radical (unpaired) electrons. The highest BCUT2D eigenvalue weighted by molar-refractivity contribution is 7.15. The van der Waals surface area contributed by atoms with E-state index in [0.29, 0.717) is 12.4 Å². The molecule has 1 aromatic carbocycles. The van der Waals surface area contributed by atoms with Crippen molar-refractivity contribution >= 4 is 17.2 Å². The van der Waals surface area contributed by atoms with Crippen LogP contribution in [0.5, 0.6) is 5.75 Å². The Morgan fingerprint density at radius 3 is 3.00 bits per heavy atom. The number of nitrogen functional groups attached to an aromatic ring is 1. The Morgan fingerprint density at radius 2 is 2.16 bits per heavy atom. The van der Waals surface area contributed by atoms with Gasteiger partial charge in [-0.25, -0.2) is 4.98 Å². The number of rotatable bonds is 1. The molecule has 1 aliphatic heterocycles. The first-order chi connectivity index (χ1) is 9.33. The summed E-state index contributed by atoms with van der Waals surface area (Å²) in [6.07, 6.45) is 1.70. The monoisotopic (exact) mass is 270 g/mol. The number of benzene rings is 1. The van der Waals surface area contributed by atoms with Crippen molar-refractivity contribution in [2.24, 2.45) is 0 Å². The van der Waals surface area contributed by atoms with Gasteiger partial charge in [0, 0.05) is 5.56 Å². The predicted molar refractivity (Wildman–Crippen MR) is 73.9 cm³/mol. The lowest BCUT2D eigenvalue weighted by molar-refractivity contribution is 0.305. The van der Waals surface area contributed by atoms with Crippen LogP contribution in [-0.2, 0) is 6.61 Å². The second-order valence-electron chi connectivity index (χ2n) is 4.27. The molecule has 0 aliphatic carbocycles. The number of para-hydroxylation sites is 1. The molecule has 3 heterocycles. The third-order valence-corrected chi connectivity index (χ3v) is 4.16. The van der Waals surface area contributed by atoms with Gasteiger partial charge in [-0.2, -0.15) is 5.10 Å². The minimum absolute atomic E-state index is 0.542. The zero-order chi connectivity index (χ0) is 12.8. The molecule has 3 aromatic rings. The molecule has 0 atom stereocenters. The Hall–Kier alpha value is -2.34. The molecule has 0 amide bonds. The fraction of sp³-hybridized carbons (Fsp3) is 0.0769. The summed E-state index contributed by atoms with van der Waals surface area (Å²) in [5.74, 6) is 1.42. The van der Waals surface area contributed by atoms with Gasteiger partial charge >= 0.3 is 0 Å². The summed E-state index contributed by atoms with van der Waals surface area (Å²) >= 11 is 1.59. The standard InChI is InChI=1S/C13H10N4OS/c14-12-8(5-15-17-12)13-16-11-7-3-1-2-4-9(7)18-6-10(11)19-13/h1-5H,6H2,(H3,14,15,17). The maximum Gasteiger partial charge on any atom is 0.129 e. The van der Waals surface area contributed by atoms with Gasteiger partial charge in [0.05, 0.1) is 22.3 Å². The van der Waals surface area contributed by atoms with Crippen LogP contribution in [0.3, 0.4) is 0 Å². The van der Waals surface area contributed by atoms with Gasteiger partial charge < -0.3 is 10.5 Å². The van der Waals surface area contributed by atoms with Gasteiger partial charge in [-0.05, 0) is 12.1 Å². The van der Waals surface area contributed by atoms with E-state index in [2.05, 4.69) is 10.2 Å². The number of anilines is 1. The van der Waals surface area contributed by atoms with Gasteiger partial charge in [0.2, 0.25) is 0 Å². The number of aromatic nitrogens is 3. The molecule has 0 saturated heterocycles. The average Bonchev–Trinajstić information content (AvgIpc) is 3.04. The first-order valence-corrected chi connectivity index (χ1v) is 6.65. The van der Waals surface area contributed by atoms with Crippen molar-refractivity contribution in [2.45, 2.75) is 6.61 Å². The number of hydrogen-bond acceptors (Lipinski definition) is 5. The minimum Gasteiger partial charge on any atom is -0.487 e. The average molecular weight is 270 g/mol. The number of H-pyrrole nitrogens is 1. The number of aromatic amines is 1. The molecule has 1 aliphatic rings. The fourth-order valence-electron chi connectivity index (χ4n) is 2.17. The largest absolute Gasteiger partial charge is 0.487 e. The van der Waals surface area contributed by atoms with E-state index in [4.69, 9.17) is 15.5 Å². The molecule has 3 N–H and O–H groups in total. The van der Waals surface area contributed by atoms with E-state index >= 15 is 0 Å². The highest BCUT2D eigenvalue weighted by Gasteiger charge is 2.23. The lowest BCUT2D eigenvalue weighted by Gasteiger charge is -2.15. The summed E-state index contributed by atoms with van der Waals surface area (Å²) in [4.78, 5) is 5.81. The Bertz CT molecular complexity index is 762. The van der Waals surface area contributed by atoms with Crippen molar-refractivity contribution in [3.63, 3.8) is 0 Å². The van der Waals surface area contributed by atoms with Crippen molar-refractivity contribution in [3.8, 4) is 27.6 Å². The summed E-state index contributed by atoms with van der Waals surface area (Å²) in [7, 11) is 0. The second kappa shape index (κ2) is 3.83. The molecule has 0 fully saturated rings. The summed E-state index contributed by atoms with van der Waals surface area (Å²) in [5.41, 5.74) is 8.71. The van der Waals surface area contributed by atoms with E-state index < -0.39 is 0 Å². The third kappa shape index (κ3) is 1.53. The summed E-state index contributed by atoms with van der Waals surface area (Å²) < 4.78 is 5.73. The van der Waals surface area contributed by atoms with Gasteiger partial charge in [-0.15, -0.1) is 11.3 Å². The molecule has 94 valence electrons. The topological polar surface area (TPSA) is 76.8 Å². The smallest absolute Gasteiger partial charge is 0.129 e. The lowest BCUT2D eigenvalue weighted by atomic mass is 10.1. The van der Waals surface area contributed by atoms with Crippen LogP contribution in [0.15, 0.2) is 30.5 Å². The van der Waals surface area contributed by atoms with Gasteiger partial charge in [-0.1, -0.05) is 12.1 Å². The van der Waals surface area contributed by atoms with E-state index in [1.54, 1.807) is 17.5 Å². The van der Waals surface area contributed by atoms with Crippen LogP contribution in [0, 0.1) is 0 Å². The Balaban J connectivity index is 1.90. The highest BCUT2D eigenvalue weighted by atomic mass is 32.1. The number of nitrogens with zero attached hydrogens (tertiary/aromatic N) is 2. The molecule has 0 unspecified atom stereocenters. The summed E-state index contributed by atoms with van der Waals surface area (Å²) in [6.45, 7) is 0.557. The minimum atomic E-state index is 0.542. The third-order valence-electron chi connectivity index (χ3n) is 3.10. The highest BCUT2D eigenvalue weighted by Crippen LogP contribution is 2.42. The molecule has 0 spiro atoms. The van der Waals surface area contributed by atoms with Gasteiger partial charge in [0.25, 0.3) is 0 Å². The number of ether oxygens (including phenoxy) is 1. The van der Waals surface area contributed by atoms with Gasteiger partial charge in [0.15, 0.2) is 0 Å². The van der Waals surface area contributed by atoms with Gasteiger partial charge in [0.1, 0.15) is 23.2 Å². The number of thiazole rings is 1. The van der Waals surface area contributed by atoms with Crippen molar-refractivity contribution in [1.82, 2.24) is 15.2 Å². The number of fused-ring (bicyclic) bond motifs is 3. The molecule has 5 nitrogen and oxygen atoms in total. The Morgan fingerprint density at radius 1 is 1.26 bits per heavy atom.